The molecule has 0 radical (unpaired) electrons. The Labute approximate surface area is 151 Å². The first-order valence-electron chi connectivity index (χ1n) is 7.76. The normalized spacial score (nSPS) is 9.81. The summed E-state index contributed by atoms with van der Waals surface area (Å²) in [6.45, 7) is 0.272. The molecule has 2 aromatic carbocycles. The van der Waals surface area contributed by atoms with Gasteiger partial charge < -0.3 is 24.8 Å². The van der Waals surface area contributed by atoms with Gasteiger partial charge >= 0.3 is 12.1 Å². The van der Waals surface area contributed by atoms with Crippen LogP contribution in [0.25, 0.3) is 0 Å². The second kappa shape index (κ2) is 9.16. The molecular weight excluding hydrogens is 338 g/mol. The minimum Gasteiger partial charge on any atom is -0.497 e. The molecule has 3 N–H and O–H groups in total. The van der Waals surface area contributed by atoms with E-state index >= 15 is 0 Å². The minimum atomic E-state index is -0.560. The maximum atomic E-state index is 12.1. The maximum absolute atomic E-state index is 12.1. The first-order chi connectivity index (χ1) is 12.5. The van der Waals surface area contributed by atoms with Gasteiger partial charge in [0.25, 0.3) is 0 Å². The summed E-state index contributed by atoms with van der Waals surface area (Å²) in [5.74, 6) is 1.33. The van der Waals surface area contributed by atoms with Crippen molar-refractivity contribution < 1.29 is 23.8 Å². The summed E-state index contributed by atoms with van der Waals surface area (Å²) in [5, 5.41) is 7.99. The van der Waals surface area contributed by atoms with Crippen LogP contribution in [0.3, 0.4) is 0 Å². The van der Waals surface area contributed by atoms with Gasteiger partial charge in [-0.15, -0.1) is 0 Å². The second-order valence-electron chi connectivity index (χ2n) is 5.18. The van der Waals surface area contributed by atoms with E-state index in [9.17, 15) is 9.59 Å². The molecule has 0 saturated heterocycles. The Morgan fingerprint density at radius 1 is 0.885 bits per heavy atom. The summed E-state index contributed by atoms with van der Waals surface area (Å²) in [4.78, 5) is 23.2. The quantitative estimate of drug-likeness (QED) is 0.736. The van der Waals surface area contributed by atoms with Gasteiger partial charge in [0.15, 0.2) is 0 Å². The highest BCUT2D eigenvalue weighted by molar-refractivity contribution is 5.90. The van der Waals surface area contributed by atoms with E-state index in [0.29, 0.717) is 22.9 Å². The number of urea groups is 1. The van der Waals surface area contributed by atoms with Crippen molar-refractivity contribution in [1.82, 2.24) is 5.32 Å². The predicted molar refractivity (Wildman–Crippen MR) is 97.9 cm³/mol. The van der Waals surface area contributed by atoms with Crippen molar-refractivity contribution in [3.05, 3.63) is 48.0 Å². The SMILES string of the molecule is COC(=O)Nc1ccc(NC(=O)NCc2cc(OC)ccc2OC)cc1. The number of hydrogen-bond acceptors (Lipinski definition) is 5. The highest BCUT2D eigenvalue weighted by atomic mass is 16.5. The first kappa shape index (κ1) is 18.9. The maximum Gasteiger partial charge on any atom is 0.411 e. The van der Waals surface area contributed by atoms with Crippen molar-refractivity contribution >= 4 is 23.5 Å². The summed E-state index contributed by atoms with van der Waals surface area (Å²) >= 11 is 0. The molecule has 0 bridgehead atoms. The van der Waals surface area contributed by atoms with Gasteiger partial charge in [-0.2, -0.15) is 0 Å². The van der Waals surface area contributed by atoms with Gasteiger partial charge in [-0.25, -0.2) is 9.59 Å². The lowest BCUT2D eigenvalue weighted by Crippen LogP contribution is -2.28. The standard InChI is InChI=1S/C18H21N3O5/c1-24-15-8-9-16(25-2)12(10-15)11-19-17(22)20-13-4-6-14(7-5-13)21-18(23)26-3/h4-10H,11H2,1-3H3,(H,21,23)(H2,19,20,22). The Morgan fingerprint density at radius 3 is 2.12 bits per heavy atom. The largest absolute Gasteiger partial charge is 0.497 e. The van der Waals surface area contributed by atoms with E-state index in [1.807, 2.05) is 0 Å². The zero-order valence-corrected chi connectivity index (χ0v) is 14.8. The van der Waals surface area contributed by atoms with Crippen molar-refractivity contribution in [2.45, 2.75) is 6.54 Å². The van der Waals surface area contributed by atoms with Crippen molar-refractivity contribution in [2.24, 2.45) is 0 Å². The fraction of sp³-hybridized carbons (Fsp3) is 0.222. The van der Waals surface area contributed by atoms with Crippen molar-refractivity contribution in [3.8, 4) is 11.5 Å². The number of hydrogen-bond donors (Lipinski definition) is 3. The van der Waals surface area contributed by atoms with Gasteiger partial charge in [0.05, 0.1) is 21.3 Å². The molecule has 0 aliphatic heterocycles. The average molecular weight is 359 g/mol. The summed E-state index contributed by atoms with van der Waals surface area (Å²) in [6.07, 6.45) is -0.560. The van der Waals surface area contributed by atoms with Crippen molar-refractivity contribution in [1.29, 1.82) is 0 Å². The summed E-state index contributed by atoms with van der Waals surface area (Å²) in [6, 6.07) is 11.6. The zero-order chi connectivity index (χ0) is 18.9. The smallest absolute Gasteiger partial charge is 0.411 e. The van der Waals surface area contributed by atoms with E-state index < -0.39 is 6.09 Å². The van der Waals surface area contributed by atoms with Crippen LogP contribution in [-0.4, -0.2) is 33.5 Å². The Bertz CT molecular complexity index is 762. The molecule has 8 nitrogen and oxygen atoms in total. The van der Waals surface area contributed by atoms with Crippen LogP contribution in [-0.2, 0) is 11.3 Å². The van der Waals surface area contributed by atoms with Crippen LogP contribution >= 0.6 is 0 Å². The van der Waals surface area contributed by atoms with Crippen LogP contribution in [0.15, 0.2) is 42.5 Å². The van der Waals surface area contributed by atoms with Gasteiger partial charge in [0.1, 0.15) is 11.5 Å². The molecule has 0 unspecified atom stereocenters. The van der Waals surface area contributed by atoms with E-state index in [0.717, 1.165) is 5.56 Å². The molecule has 0 aliphatic rings. The van der Waals surface area contributed by atoms with E-state index in [2.05, 4.69) is 20.7 Å². The van der Waals surface area contributed by atoms with Gasteiger partial charge in [-0.3, -0.25) is 5.32 Å². The summed E-state index contributed by atoms with van der Waals surface area (Å²) in [7, 11) is 4.42. The Kier molecular flexibility index (Phi) is 6.67. The van der Waals surface area contributed by atoms with Gasteiger partial charge in [-0.1, -0.05) is 0 Å². The lowest BCUT2D eigenvalue weighted by molar-refractivity contribution is 0.187. The molecule has 2 rings (SSSR count). The van der Waals surface area contributed by atoms with Crippen LogP contribution in [0.4, 0.5) is 21.0 Å². The Balaban J connectivity index is 1.92. The van der Waals surface area contributed by atoms with Crippen LogP contribution < -0.4 is 25.4 Å². The summed E-state index contributed by atoms with van der Waals surface area (Å²) < 4.78 is 15.0. The molecule has 0 aromatic heterocycles. The molecule has 0 atom stereocenters. The Morgan fingerprint density at radius 2 is 1.54 bits per heavy atom. The van der Waals surface area contributed by atoms with Crippen LogP contribution in [0.1, 0.15) is 5.56 Å². The number of anilines is 2. The number of benzene rings is 2. The molecule has 0 spiro atoms. The number of nitrogens with one attached hydrogen (secondary N) is 3. The predicted octanol–water partition coefficient (Wildman–Crippen LogP) is 3.20. The molecule has 8 heteroatoms. The van der Waals surface area contributed by atoms with Crippen LogP contribution in [0, 0.1) is 0 Å². The fourth-order valence-corrected chi connectivity index (χ4v) is 2.18. The number of rotatable bonds is 6. The fourth-order valence-electron chi connectivity index (χ4n) is 2.18. The number of methoxy groups -OCH3 is 3. The molecule has 26 heavy (non-hydrogen) atoms. The number of amides is 3. The number of carbonyl (C=O) groups is 2. The van der Waals surface area contributed by atoms with Crippen LogP contribution in [0.2, 0.25) is 0 Å². The average Bonchev–Trinajstić information content (AvgIpc) is 2.67. The topological polar surface area (TPSA) is 97.9 Å². The van der Waals surface area contributed by atoms with Crippen molar-refractivity contribution in [3.63, 3.8) is 0 Å². The van der Waals surface area contributed by atoms with Gasteiger partial charge in [0.2, 0.25) is 0 Å². The third-order valence-electron chi connectivity index (χ3n) is 3.50. The highest BCUT2D eigenvalue weighted by Gasteiger charge is 2.08. The Hall–Kier alpha value is -3.42. The van der Waals surface area contributed by atoms with E-state index in [-0.39, 0.29) is 12.6 Å². The molecule has 0 saturated carbocycles. The van der Waals surface area contributed by atoms with E-state index in [1.54, 1.807) is 56.7 Å². The molecule has 2 aromatic rings. The molecular formula is C18H21N3O5. The summed E-state index contributed by atoms with van der Waals surface area (Å²) in [5.41, 5.74) is 1.93. The molecule has 3 amide bonds. The van der Waals surface area contributed by atoms with Gasteiger partial charge in [0, 0.05) is 23.5 Å². The third kappa shape index (κ3) is 5.30. The van der Waals surface area contributed by atoms with Crippen molar-refractivity contribution in [2.75, 3.05) is 32.0 Å². The number of carbonyl (C=O) groups excluding carboxylic acids is 2. The molecule has 138 valence electrons. The zero-order valence-electron chi connectivity index (χ0n) is 14.8. The first-order valence-corrected chi connectivity index (χ1v) is 7.76. The molecule has 0 fully saturated rings. The second-order valence-corrected chi connectivity index (χ2v) is 5.18. The monoisotopic (exact) mass is 359 g/mol. The highest BCUT2D eigenvalue weighted by Crippen LogP contribution is 2.23. The minimum absolute atomic E-state index is 0.272. The van der Waals surface area contributed by atoms with Gasteiger partial charge in [-0.05, 0) is 42.5 Å². The molecule has 0 heterocycles. The van der Waals surface area contributed by atoms with E-state index in [1.165, 1.54) is 7.11 Å². The van der Waals surface area contributed by atoms with E-state index in [4.69, 9.17) is 9.47 Å². The van der Waals surface area contributed by atoms with Crippen LogP contribution in [0.5, 0.6) is 11.5 Å². The lowest BCUT2D eigenvalue weighted by Gasteiger charge is -2.12. The number of ether oxygens (including phenoxy) is 3. The lowest BCUT2D eigenvalue weighted by atomic mass is 10.2. The third-order valence-corrected chi connectivity index (χ3v) is 3.50. The molecule has 0 aliphatic carbocycles.